The number of amides is 1. The van der Waals surface area contributed by atoms with Gasteiger partial charge in [-0.05, 0) is 19.3 Å². The SMILES string of the molecule is CCC(C)C(=O)NCCNC1CCCCCC1.Cl. The molecule has 0 aliphatic heterocycles. The fourth-order valence-corrected chi connectivity index (χ4v) is 2.31. The van der Waals surface area contributed by atoms with Crippen LogP contribution in [-0.2, 0) is 4.79 Å². The van der Waals surface area contributed by atoms with Crippen LogP contribution in [0.4, 0.5) is 0 Å². The molecule has 0 radical (unpaired) electrons. The normalized spacial score (nSPS) is 18.6. The first-order valence-corrected chi connectivity index (χ1v) is 7.25. The number of carbonyl (C=O) groups is 1. The lowest BCUT2D eigenvalue weighted by molar-refractivity contribution is -0.124. The van der Waals surface area contributed by atoms with Gasteiger partial charge in [0.05, 0.1) is 0 Å². The average Bonchev–Trinajstić information content (AvgIpc) is 2.61. The standard InChI is InChI=1S/C14H28N2O.ClH/c1-3-12(2)14(17)16-11-10-15-13-8-6-4-5-7-9-13;/h12-13,15H,3-11H2,1-2H3,(H,16,17);1H. The Balaban J connectivity index is 0.00000289. The first kappa shape index (κ1) is 17.7. The predicted molar refractivity (Wildman–Crippen MR) is 79.2 cm³/mol. The lowest BCUT2D eigenvalue weighted by Crippen LogP contribution is -2.38. The van der Waals surface area contributed by atoms with Crippen LogP contribution in [0.3, 0.4) is 0 Å². The second kappa shape index (κ2) is 10.6. The van der Waals surface area contributed by atoms with E-state index >= 15 is 0 Å². The summed E-state index contributed by atoms with van der Waals surface area (Å²) < 4.78 is 0. The number of hydrogen-bond acceptors (Lipinski definition) is 2. The van der Waals surface area contributed by atoms with Crippen LogP contribution in [0, 0.1) is 5.92 Å². The molecule has 0 spiro atoms. The van der Waals surface area contributed by atoms with Gasteiger partial charge in [0.25, 0.3) is 0 Å². The van der Waals surface area contributed by atoms with Crippen LogP contribution in [0.5, 0.6) is 0 Å². The van der Waals surface area contributed by atoms with Gasteiger partial charge in [-0.3, -0.25) is 4.79 Å². The molecule has 0 heterocycles. The number of hydrogen-bond donors (Lipinski definition) is 2. The lowest BCUT2D eigenvalue weighted by atomic mass is 10.1. The van der Waals surface area contributed by atoms with Gasteiger partial charge >= 0.3 is 0 Å². The summed E-state index contributed by atoms with van der Waals surface area (Å²) in [7, 11) is 0. The topological polar surface area (TPSA) is 41.1 Å². The van der Waals surface area contributed by atoms with Crippen molar-refractivity contribution in [2.45, 2.75) is 64.8 Å². The van der Waals surface area contributed by atoms with E-state index in [-0.39, 0.29) is 24.2 Å². The molecule has 2 N–H and O–H groups in total. The molecule has 0 bridgehead atoms. The van der Waals surface area contributed by atoms with Crippen molar-refractivity contribution in [3.05, 3.63) is 0 Å². The van der Waals surface area contributed by atoms with E-state index < -0.39 is 0 Å². The van der Waals surface area contributed by atoms with Gasteiger partial charge in [-0.1, -0.05) is 39.5 Å². The summed E-state index contributed by atoms with van der Waals surface area (Å²) in [5, 5.41) is 6.55. The van der Waals surface area contributed by atoms with Crippen LogP contribution < -0.4 is 10.6 Å². The van der Waals surface area contributed by atoms with E-state index in [4.69, 9.17) is 0 Å². The summed E-state index contributed by atoms with van der Waals surface area (Å²) in [6, 6.07) is 0.679. The Bertz CT molecular complexity index is 216. The highest BCUT2D eigenvalue weighted by Gasteiger charge is 2.12. The Morgan fingerprint density at radius 3 is 2.33 bits per heavy atom. The van der Waals surface area contributed by atoms with E-state index in [0.29, 0.717) is 6.04 Å². The van der Waals surface area contributed by atoms with Gasteiger partial charge in [-0.25, -0.2) is 0 Å². The molecule has 4 heteroatoms. The Kier molecular flexibility index (Phi) is 10.5. The second-order valence-corrected chi connectivity index (χ2v) is 5.24. The minimum atomic E-state index is 0. The molecule has 1 rings (SSSR count). The van der Waals surface area contributed by atoms with Gasteiger partial charge in [0.15, 0.2) is 0 Å². The quantitative estimate of drug-likeness (QED) is 0.579. The van der Waals surface area contributed by atoms with Gasteiger partial charge in [0, 0.05) is 25.0 Å². The largest absolute Gasteiger partial charge is 0.355 e. The molecule has 18 heavy (non-hydrogen) atoms. The van der Waals surface area contributed by atoms with Gasteiger partial charge in [-0.15, -0.1) is 12.4 Å². The average molecular weight is 277 g/mol. The van der Waals surface area contributed by atoms with Gasteiger partial charge in [0.2, 0.25) is 5.91 Å². The molecule has 0 saturated heterocycles. The summed E-state index contributed by atoms with van der Waals surface area (Å²) in [5.41, 5.74) is 0. The van der Waals surface area contributed by atoms with Crippen LogP contribution >= 0.6 is 12.4 Å². The molecule has 1 fully saturated rings. The van der Waals surface area contributed by atoms with E-state index in [0.717, 1.165) is 19.5 Å². The number of carbonyl (C=O) groups excluding carboxylic acids is 1. The molecule has 1 aliphatic carbocycles. The van der Waals surface area contributed by atoms with Crippen molar-refractivity contribution in [1.29, 1.82) is 0 Å². The Hall–Kier alpha value is -0.280. The van der Waals surface area contributed by atoms with Crippen molar-refractivity contribution in [3.63, 3.8) is 0 Å². The zero-order valence-corrected chi connectivity index (χ0v) is 12.7. The summed E-state index contributed by atoms with van der Waals surface area (Å²) in [4.78, 5) is 11.5. The molecule has 1 atom stereocenters. The van der Waals surface area contributed by atoms with Crippen molar-refractivity contribution in [1.82, 2.24) is 10.6 Å². The van der Waals surface area contributed by atoms with E-state index in [9.17, 15) is 4.79 Å². The minimum absolute atomic E-state index is 0. The van der Waals surface area contributed by atoms with Crippen molar-refractivity contribution < 1.29 is 4.79 Å². The maximum Gasteiger partial charge on any atom is 0.222 e. The van der Waals surface area contributed by atoms with Gasteiger partial charge in [-0.2, -0.15) is 0 Å². The lowest BCUT2D eigenvalue weighted by Gasteiger charge is -2.17. The monoisotopic (exact) mass is 276 g/mol. The molecule has 1 amide bonds. The molecule has 1 unspecified atom stereocenters. The molecule has 1 saturated carbocycles. The zero-order valence-electron chi connectivity index (χ0n) is 11.8. The molecule has 1 aliphatic rings. The molecule has 0 aromatic heterocycles. The van der Waals surface area contributed by atoms with Gasteiger partial charge < -0.3 is 10.6 Å². The fourth-order valence-electron chi connectivity index (χ4n) is 2.31. The fraction of sp³-hybridized carbons (Fsp3) is 0.929. The van der Waals surface area contributed by atoms with Crippen LogP contribution in [0.2, 0.25) is 0 Å². The maximum absolute atomic E-state index is 11.5. The highest BCUT2D eigenvalue weighted by molar-refractivity contribution is 5.85. The van der Waals surface area contributed by atoms with E-state index in [1.54, 1.807) is 0 Å². The van der Waals surface area contributed by atoms with Crippen molar-refractivity contribution >= 4 is 18.3 Å². The Morgan fingerprint density at radius 2 is 1.78 bits per heavy atom. The number of nitrogens with one attached hydrogen (secondary N) is 2. The van der Waals surface area contributed by atoms with Crippen molar-refractivity contribution in [3.8, 4) is 0 Å². The predicted octanol–water partition coefficient (Wildman–Crippen LogP) is 2.88. The first-order chi connectivity index (χ1) is 8.24. The molecular formula is C14H29ClN2O. The van der Waals surface area contributed by atoms with E-state index in [2.05, 4.69) is 10.6 Å². The van der Waals surface area contributed by atoms with Gasteiger partial charge in [0.1, 0.15) is 0 Å². The Morgan fingerprint density at radius 1 is 1.17 bits per heavy atom. The van der Waals surface area contributed by atoms with Crippen LogP contribution in [-0.4, -0.2) is 25.0 Å². The first-order valence-electron chi connectivity index (χ1n) is 7.25. The third-order valence-electron chi connectivity index (χ3n) is 3.77. The van der Waals surface area contributed by atoms with Crippen LogP contribution in [0.25, 0.3) is 0 Å². The number of halogens is 1. The molecule has 3 nitrogen and oxygen atoms in total. The summed E-state index contributed by atoms with van der Waals surface area (Å²) >= 11 is 0. The van der Waals surface area contributed by atoms with Crippen molar-refractivity contribution in [2.75, 3.05) is 13.1 Å². The highest BCUT2D eigenvalue weighted by atomic mass is 35.5. The number of rotatable bonds is 6. The zero-order chi connectivity index (χ0) is 12.5. The van der Waals surface area contributed by atoms with Crippen molar-refractivity contribution in [2.24, 2.45) is 5.92 Å². The third kappa shape index (κ3) is 7.22. The van der Waals surface area contributed by atoms with Crippen LogP contribution in [0.15, 0.2) is 0 Å². The molecule has 108 valence electrons. The third-order valence-corrected chi connectivity index (χ3v) is 3.77. The summed E-state index contributed by atoms with van der Waals surface area (Å²) in [5.74, 6) is 0.336. The molecule has 0 aromatic rings. The van der Waals surface area contributed by atoms with Crippen LogP contribution in [0.1, 0.15) is 58.8 Å². The maximum atomic E-state index is 11.5. The summed E-state index contributed by atoms with van der Waals surface area (Å²) in [6.45, 7) is 5.70. The summed E-state index contributed by atoms with van der Waals surface area (Å²) in [6.07, 6.45) is 9.03. The molecular weight excluding hydrogens is 248 g/mol. The van der Waals surface area contributed by atoms with E-state index in [1.165, 1.54) is 38.5 Å². The second-order valence-electron chi connectivity index (χ2n) is 5.24. The van der Waals surface area contributed by atoms with E-state index in [1.807, 2.05) is 13.8 Å². The highest BCUT2D eigenvalue weighted by Crippen LogP contribution is 2.16. The minimum Gasteiger partial charge on any atom is -0.355 e. The smallest absolute Gasteiger partial charge is 0.222 e. The Labute approximate surface area is 118 Å². The molecule has 0 aromatic carbocycles.